The summed E-state index contributed by atoms with van der Waals surface area (Å²) in [6.07, 6.45) is 0.372. The highest BCUT2D eigenvalue weighted by atomic mass is 16.3. The third-order valence-corrected chi connectivity index (χ3v) is 4.77. The van der Waals surface area contributed by atoms with Gasteiger partial charge in [-0.3, -0.25) is 0 Å². The van der Waals surface area contributed by atoms with Gasteiger partial charge in [0, 0.05) is 6.54 Å². The van der Waals surface area contributed by atoms with Gasteiger partial charge in [-0.25, -0.2) is 0 Å². The Kier molecular flexibility index (Phi) is 4.94. The first-order valence-electron chi connectivity index (χ1n) is 8.54. The van der Waals surface area contributed by atoms with E-state index in [1.165, 1.54) is 21.5 Å². The zero-order valence-electron chi connectivity index (χ0n) is 14.0. The molecule has 0 saturated heterocycles. The monoisotopic (exact) mass is 307 g/mol. The van der Waals surface area contributed by atoms with Crippen molar-refractivity contribution < 1.29 is 5.11 Å². The van der Waals surface area contributed by atoms with Crippen molar-refractivity contribution in [2.24, 2.45) is 0 Å². The Morgan fingerprint density at radius 2 is 1.52 bits per heavy atom. The second-order valence-electron chi connectivity index (χ2n) is 6.10. The predicted octanol–water partition coefficient (Wildman–Crippen LogP) is 4.76. The molecule has 0 radical (unpaired) electrons. The maximum atomic E-state index is 10.6. The molecule has 0 aliphatic carbocycles. The predicted molar refractivity (Wildman–Crippen MR) is 98.8 cm³/mol. The van der Waals surface area contributed by atoms with Crippen LogP contribution >= 0.6 is 0 Å². The molecule has 120 valence electrons. The molecule has 23 heavy (non-hydrogen) atoms. The van der Waals surface area contributed by atoms with E-state index in [9.17, 15) is 5.11 Å². The van der Waals surface area contributed by atoms with Crippen LogP contribution in [0.15, 0.2) is 54.6 Å². The minimum Gasteiger partial charge on any atom is -0.388 e. The number of aliphatic hydroxyl groups is 1. The number of hydrogen-bond acceptors (Lipinski definition) is 2. The first kappa shape index (κ1) is 16.0. The SMILES string of the molecule is CCN(CC)CCC(O)c1ccc2ccc3ccccc3c2c1. The van der Waals surface area contributed by atoms with Gasteiger partial charge in [-0.2, -0.15) is 0 Å². The number of aliphatic hydroxyl groups excluding tert-OH is 1. The molecule has 3 aromatic rings. The molecule has 0 aliphatic rings. The minimum atomic E-state index is -0.404. The summed E-state index contributed by atoms with van der Waals surface area (Å²) < 4.78 is 0. The van der Waals surface area contributed by atoms with Crippen LogP contribution in [0.2, 0.25) is 0 Å². The molecular weight excluding hydrogens is 282 g/mol. The van der Waals surface area contributed by atoms with E-state index >= 15 is 0 Å². The minimum absolute atomic E-state index is 0.404. The highest BCUT2D eigenvalue weighted by Gasteiger charge is 2.11. The van der Waals surface area contributed by atoms with Crippen LogP contribution in [0.4, 0.5) is 0 Å². The lowest BCUT2D eigenvalue weighted by Crippen LogP contribution is -2.25. The molecule has 0 spiro atoms. The molecule has 0 heterocycles. The molecule has 0 fully saturated rings. The molecule has 0 bridgehead atoms. The van der Waals surface area contributed by atoms with Crippen LogP contribution in [-0.2, 0) is 0 Å². The number of fused-ring (bicyclic) bond motifs is 3. The average Bonchev–Trinajstić information content (AvgIpc) is 2.61. The van der Waals surface area contributed by atoms with E-state index in [2.05, 4.69) is 73.3 Å². The maximum Gasteiger partial charge on any atom is 0.0802 e. The van der Waals surface area contributed by atoms with Crippen LogP contribution in [-0.4, -0.2) is 29.6 Å². The quantitative estimate of drug-likeness (QED) is 0.664. The van der Waals surface area contributed by atoms with E-state index < -0.39 is 6.10 Å². The normalized spacial score (nSPS) is 13.0. The van der Waals surface area contributed by atoms with Crippen molar-refractivity contribution in [1.82, 2.24) is 4.90 Å². The Bertz CT molecular complexity index is 792. The molecule has 0 amide bonds. The van der Waals surface area contributed by atoms with E-state index in [1.54, 1.807) is 0 Å². The van der Waals surface area contributed by atoms with Crippen molar-refractivity contribution >= 4 is 21.5 Å². The molecule has 3 rings (SSSR count). The lowest BCUT2D eigenvalue weighted by atomic mass is 9.97. The highest BCUT2D eigenvalue weighted by Crippen LogP contribution is 2.28. The van der Waals surface area contributed by atoms with E-state index in [4.69, 9.17) is 0 Å². The summed E-state index contributed by atoms with van der Waals surface area (Å²) in [6, 6.07) is 19.1. The first-order chi connectivity index (χ1) is 11.2. The van der Waals surface area contributed by atoms with Gasteiger partial charge in [0.25, 0.3) is 0 Å². The fourth-order valence-electron chi connectivity index (χ4n) is 3.24. The van der Waals surface area contributed by atoms with Crippen LogP contribution in [0, 0.1) is 0 Å². The Morgan fingerprint density at radius 1 is 0.870 bits per heavy atom. The summed E-state index contributed by atoms with van der Waals surface area (Å²) in [5.41, 5.74) is 1.01. The van der Waals surface area contributed by atoms with E-state index in [1.807, 2.05) is 0 Å². The summed E-state index contributed by atoms with van der Waals surface area (Å²) in [5.74, 6) is 0. The van der Waals surface area contributed by atoms with Gasteiger partial charge in [0.05, 0.1) is 6.10 Å². The standard InChI is InChI=1S/C21H25NO/c1-3-22(4-2)14-13-21(23)18-12-11-17-10-9-16-7-5-6-8-19(16)20(17)15-18/h5-12,15,21,23H,3-4,13-14H2,1-2H3. The Morgan fingerprint density at radius 3 is 2.26 bits per heavy atom. The fraction of sp³-hybridized carbons (Fsp3) is 0.333. The third kappa shape index (κ3) is 3.39. The van der Waals surface area contributed by atoms with Crippen molar-refractivity contribution in [3.05, 3.63) is 60.2 Å². The molecule has 1 unspecified atom stereocenters. The van der Waals surface area contributed by atoms with Crippen molar-refractivity contribution in [1.29, 1.82) is 0 Å². The largest absolute Gasteiger partial charge is 0.388 e. The van der Waals surface area contributed by atoms with Crippen LogP contribution in [0.5, 0.6) is 0 Å². The number of rotatable bonds is 6. The second-order valence-corrected chi connectivity index (χ2v) is 6.10. The number of nitrogens with zero attached hydrogens (tertiary/aromatic N) is 1. The van der Waals surface area contributed by atoms with Gasteiger partial charge in [-0.1, -0.05) is 62.4 Å². The average molecular weight is 307 g/mol. The van der Waals surface area contributed by atoms with Gasteiger partial charge in [0.15, 0.2) is 0 Å². The summed E-state index contributed by atoms with van der Waals surface area (Å²) >= 11 is 0. The molecule has 0 aromatic heterocycles. The Balaban J connectivity index is 1.91. The van der Waals surface area contributed by atoms with Gasteiger partial charge in [0.2, 0.25) is 0 Å². The number of hydrogen-bond donors (Lipinski definition) is 1. The summed E-state index contributed by atoms with van der Waals surface area (Å²) in [6.45, 7) is 7.33. The van der Waals surface area contributed by atoms with Crippen LogP contribution in [0.25, 0.3) is 21.5 Å². The first-order valence-corrected chi connectivity index (χ1v) is 8.54. The molecule has 1 atom stereocenters. The highest BCUT2D eigenvalue weighted by molar-refractivity contribution is 6.07. The van der Waals surface area contributed by atoms with Crippen molar-refractivity contribution in [3.63, 3.8) is 0 Å². The summed E-state index contributed by atoms with van der Waals surface area (Å²) in [4.78, 5) is 2.35. The Hall–Kier alpha value is -1.90. The second kappa shape index (κ2) is 7.12. The lowest BCUT2D eigenvalue weighted by molar-refractivity contribution is 0.145. The van der Waals surface area contributed by atoms with Gasteiger partial charge in [0.1, 0.15) is 0 Å². The molecular formula is C21H25NO. The number of benzene rings is 3. The van der Waals surface area contributed by atoms with E-state index in [0.717, 1.165) is 31.6 Å². The third-order valence-electron chi connectivity index (χ3n) is 4.77. The smallest absolute Gasteiger partial charge is 0.0802 e. The van der Waals surface area contributed by atoms with Crippen LogP contribution in [0.1, 0.15) is 31.9 Å². The van der Waals surface area contributed by atoms with Crippen molar-refractivity contribution in [2.45, 2.75) is 26.4 Å². The molecule has 3 aromatic carbocycles. The molecule has 0 aliphatic heterocycles. The topological polar surface area (TPSA) is 23.5 Å². The fourth-order valence-corrected chi connectivity index (χ4v) is 3.24. The van der Waals surface area contributed by atoms with Gasteiger partial charge in [-0.05, 0) is 52.7 Å². The van der Waals surface area contributed by atoms with E-state index in [0.29, 0.717) is 0 Å². The van der Waals surface area contributed by atoms with Gasteiger partial charge < -0.3 is 10.0 Å². The summed E-state index contributed by atoms with van der Waals surface area (Å²) in [5, 5.41) is 15.5. The lowest BCUT2D eigenvalue weighted by Gasteiger charge is -2.20. The van der Waals surface area contributed by atoms with Gasteiger partial charge >= 0.3 is 0 Å². The molecule has 0 saturated carbocycles. The van der Waals surface area contributed by atoms with Crippen LogP contribution < -0.4 is 0 Å². The summed E-state index contributed by atoms with van der Waals surface area (Å²) in [7, 11) is 0. The molecule has 2 heteroatoms. The zero-order valence-corrected chi connectivity index (χ0v) is 14.0. The van der Waals surface area contributed by atoms with E-state index in [-0.39, 0.29) is 0 Å². The van der Waals surface area contributed by atoms with Gasteiger partial charge in [-0.15, -0.1) is 0 Å². The zero-order chi connectivity index (χ0) is 16.2. The Labute approximate surface area is 138 Å². The van der Waals surface area contributed by atoms with Crippen LogP contribution in [0.3, 0.4) is 0 Å². The van der Waals surface area contributed by atoms with Crippen molar-refractivity contribution in [2.75, 3.05) is 19.6 Å². The molecule has 2 nitrogen and oxygen atoms in total. The molecule has 1 N–H and O–H groups in total. The van der Waals surface area contributed by atoms with Crippen molar-refractivity contribution in [3.8, 4) is 0 Å². The maximum absolute atomic E-state index is 10.6.